The fraction of sp³-hybridized carbons (Fsp3) is 0.120. The zero-order chi connectivity index (χ0) is 21.8. The molecule has 0 unspecified atom stereocenters. The maximum Gasteiger partial charge on any atom is 0.275 e. The van der Waals surface area contributed by atoms with Crippen LogP contribution in [0.25, 0.3) is 10.8 Å². The number of benzene rings is 3. The summed E-state index contributed by atoms with van der Waals surface area (Å²) in [7, 11) is 0. The molecule has 4 rings (SSSR count). The first-order valence-corrected chi connectivity index (χ1v) is 9.99. The van der Waals surface area contributed by atoms with E-state index in [1.807, 2.05) is 44.2 Å². The summed E-state index contributed by atoms with van der Waals surface area (Å²) in [6.45, 7) is 3.83. The first-order chi connectivity index (χ1) is 15.0. The Morgan fingerprint density at radius 2 is 1.74 bits per heavy atom. The van der Waals surface area contributed by atoms with Crippen molar-refractivity contribution in [3.8, 4) is 0 Å². The third-order valence-electron chi connectivity index (χ3n) is 5.17. The number of anilines is 1. The van der Waals surface area contributed by atoms with E-state index in [-0.39, 0.29) is 23.6 Å². The van der Waals surface area contributed by atoms with Gasteiger partial charge in [-0.05, 0) is 47.9 Å². The molecule has 0 fully saturated rings. The van der Waals surface area contributed by atoms with E-state index in [9.17, 15) is 9.59 Å². The lowest BCUT2D eigenvalue weighted by molar-refractivity contribution is 0.0938. The standard InChI is InChI=1S/C25H22N4O2/c1-16-10-11-19(29-25(31)23-15-26-12-13-27-23)14-22(16)24(30)28-17(2)20-9-5-7-18-6-3-4-8-21(18)20/h3-15,17H,1-2H3,(H,28,30)(H,29,31)/t17-/m1/s1. The van der Waals surface area contributed by atoms with Gasteiger partial charge in [0.2, 0.25) is 0 Å². The monoisotopic (exact) mass is 410 g/mol. The summed E-state index contributed by atoms with van der Waals surface area (Å²) in [6.07, 6.45) is 4.35. The van der Waals surface area contributed by atoms with Crippen molar-refractivity contribution in [3.05, 3.63) is 102 Å². The average molecular weight is 410 g/mol. The number of carbonyl (C=O) groups is 2. The molecule has 1 atom stereocenters. The second kappa shape index (κ2) is 8.75. The van der Waals surface area contributed by atoms with Gasteiger partial charge in [-0.25, -0.2) is 4.98 Å². The summed E-state index contributed by atoms with van der Waals surface area (Å²) in [6, 6.07) is 19.2. The third-order valence-corrected chi connectivity index (χ3v) is 5.17. The van der Waals surface area contributed by atoms with Gasteiger partial charge in [-0.3, -0.25) is 14.6 Å². The van der Waals surface area contributed by atoms with Gasteiger partial charge in [0.1, 0.15) is 5.69 Å². The van der Waals surface area contributed by atoms with Crippen LogP contribution in [0.2, 0.25) is 0 Å². The number of carbonyl (C=O) groups excluding carboxylic acids is 2. The van der Waals surface area contributed by atoms with Crippen molar-refractivity contribution >= 4 is 28.3 Å². The van der Waals surface area contributed by atoms with E-state index < -0.39 is 0 Å². The van der Waals surface area contributed by atoms with Gasteiger partial charge in [0, 0.05) is 23.6 Å². The minimum absolute atomic E-state index is 0.184. The number of fused-ring (bicyclic) bond motifs is 1. The first kappa shape index (κ1) is 20.2. The predicted octanol–water partition coefficient (Wildman–Crippen LogP) is 4.68. The molecule has 1 aromatic heterocycles. The van der Waals surface area contributed by atoms with Crippen LogP contribution in [-0.2, 0) is 0 Å². The number of aromatic nitrogens is 2. The van der Waals surface area contributed by atoms with Crippen molar-refractivity contribution in [3.63, 3.8) is 0 Å². The van der Waals surface area contributed by atoms with Gasteiger partial charge in [0.15, 0.2) is 0 Å². The molecular weight excluding hydrogens is 388 g/mol. The molecule has 0 saturated heterocycles. The van der Waals surface area contributed by atoms with Crippen LogP contribution in [-0.4, -0.2) is 21.8 Å². The second-order valence-electron chi connectivity index (χ2n) is 7.34. The lowest BCUT2D eigenvalue weighted by atomic mass is 9.99. The molecule has 3 aromatic carbocycles. The summed E-state index contributed by atoms with van der Waals surface area (Å²) < 4.78 is 0. The van der Waals surface area contributed by atoms with Gasteiger partial charge >= 0.3 is 0 Å². The number of nitrogens with zero attached hydrogens (tertiary/aromatic N) is 2. The van der Waals surface area contributed by atoms with E-state index in [0.29, 0.717) is 11.3 Å². The quantitative estimate of drug-likeness (QED) is 0.500. The van der Waals surface area contributed by atoms with Crippen molar-refractivity contribution in [2.75, 3.05) is 5.32 Å². The van der Waals surface area contributed by atoms with Crippen molar-refractivity contribution in [1.82, 2.24) is 15.3 Å². The third kappa shape index (κ3) is 4.43. The van der Waals surface area contributed by atoms with Gasteiger partial charge in [-0.15, -0.1) is 0 Å². The Hall–Kier alpha value is -4.06. The largest absolute Gasteiger partial charge is 0.345 e. The van der Waals surface area contributed by atoms with E-state index >= 15 is 0 Å². The molecule has 6 nitrogen and oxygen atoms in total. The molecular formula is C25H22N4O2. The number of hydrogen-bond acceptors (Lipinski definition) is 4. The number of aryl methyl sites for hydroxylation is 1. The lowest BCUT2D eigenvalue weighted by Gasteiger charge is -2.18. The molecule has 31 heavy (non-hydrogen) atoms. The molecule has 0 spiro atoms. The second-order valence-corrected chi connectivity index (χ2v) is 7.34. The maximum atomic E-state index is 13.0. The van der Waals surface area contributed by atoms with E-state index in [1.54, 1.807) is 12.1 Å². The van der Waals surface area contributed by atoms with Gasteiger partial charge in [-0.2, -0.15) is 0 Å². The molecule has 0 aliphatic heterocycles. The Balaban J connectivity index is 1.54. The number of hydrogen-bond donors (Lipinski definition) is 2. The molecule has 1 heterocycles. The first-order valence-electron chi connectivity index (χ1n) is 9.99. The van der Waals surface area contributed by atoms with Gasteiger partial charge in [0.05, 0.1) is 12.2 Å². The van der Waals surface area contributed by atoms with Crippen LogP contribution in [0.3, 0.4) is 0 Å². The molecule has 2 N–H and O–H groups in total. The zero-order valence-electron chi connectivity index (χ0n) is 17.3. The van der Waals surface area contributed by atoms with Crippen LogP contribution in [0.15, 0.2) is 79.3 Å². The minimum atomic E-state index is -0.382. The molecule has 0 radical (unpaired) electrons. The SMILES string of the molecule is Cc1ccc(NC(=O)c2cnccn2)cc1C(=O)N[C@H](C)c1cccc2ccccc12. The molecule has 0 saturated carbocycles. The highest BCUT2D eigenvalue weighted by Crippen LogP contribution is 2.25. The average Bonchev–Trinajstić information content (AvgIpc) is 2.80. The van der Waals surface area contributed by atoms with E-state index in [4.69, 9.17) is 0 Å². The van der Waals surface area contributed by atoms with Crippen LogP contribution in [0.4, 0.5) is 5.69 Å². The van der Waals surface area contributed by atoms with Crippen LogP contribution < -0.4 is 10.6 Å². The lowest BCUT2D eigenvalue weighted by Crippen LogP contribution is -2.27. The van der Waals surface area contributed by atoms with E-state index in [0.717, 1.165) is 21.9 Å². The Bertz CT molecular complexity index is 1250. The fourth-order valence-electron chi connectivity index (χ4n) is 3.54. The summed E-state index contributed by atoms with van der Waals surface area (Å²) in [5.74, 6) is -0.582. The highest BCUT2D eigenvalue weighted by atomic mass is 16.2. The molecule has 0 aliphatic carbocycles. The minimum Gasteiger partial charge on any atom is -0.345 e. The van der Waals surface area contributed by atoms with Gasteiger partial charge in [0.25, 0.3) is 11.8 Å². The molecule has 4 aromatic rings. The molecule has 6 heteroatoms. The molecule has 2 amide bonds. The maximum absolute atomic E-state index is 13.0. The predicted molar refractivity (Wildman–Crippen MR) is 121 cm³/mol. The number of amides is 2. The Kier molecular flexibility index (Phi) is 5.71. The smallest absolute Gasteiger partial charge is 0.275 e. The summed E-state index contributed by atoms with van der Waals surface area (Å²) >= 11 is 0. The fourth-order valence-corrected chi connectivity index (χ4v) is 3.54. The Morgan fingerprint density at radius 3 is 2.55 bits per heavy atom. The summed E-state index contributed by atoms with van der Waals surface area (Å²) in [4.78, 5) is 33.3. The summed E-state index contributed by atoms with van der Waals surface area (Å²) in [5, 5.41) is 8.09. The highest BCUT2D eigenvalue weighted by molar-refractivity contribution is 6.04. The highest BCUT2D eigenvalue weighted by Gasteiger charge is 2.16. The number of rotatable bonds is 5. The van der Waals surface area contributed by atoms with E-state index in [1.165, 1.54) is 18.6 Å². The summed E-state index contributed by atoms with van der Waals surface area (Å²) in [5.41, 5.74) is 3.10. The molecule has 0 bridgehead atoms. The van der Waals surface area contributed by atoms with Crippen molar-refractivity contribution < 1.29 is 9.59 Å². The topological polar surface area (TPSA) is 84.0 Å². The Labute approximate surface area is 180 Å². The van der Waals surface area contributed by atoms with Gasteiger partial charge < -0.3 is 10.6 Å². The van der Waals surface area contributed by atoms with Crippen LogP contribution in [0, 0.1) is 6.92 Å². The van der Waals surface area contributed by atoms with Crippen LogP contribution in [0.5, 0.6) is 0 Å². The zero-order valence-corrected chi connectivity index (χ0v) is 17.3. The molecule has 0 aliphatic rings. The normalized spacial score (nSPS) is 11.7. The van der Waals surface area contributed by atoms with Crippen LogP contribution >= 0.6 is 0 Å². The van der Waals surface area contributed by atoms with E-state index in [2.05, 4.69) is 38.8 Å². The van der Waals surface area contributed by atoms with Crippen molar-refractivity contribution in [2.24, 2.45) is 0 Å². The van der Waals surface area contributed by atoms with Crippen molar-refractivity contribution in [2.45, 2.75) is 19.9 Å². The van der Waals surface area contributed by atoms with Crippen molar-refractivity contribution in [1.29, 1.82) is 0 Å². The molecule has 154 valence electrons. The van der Waals surface area contributed by atoms with Gasteiger partial charge in [-0.1, -0.05) is 48.5 Å². The Morgan fingerprint density at radius 1 is 0.935 bits per heavy atom. The number of nitrogens with one attached hydrogen (secondary N) is 2. The van der Waals surface area contributed by atoms with Crippen LogP contribution in [0.1, 0.15) is 44.9 Å².